The summed E-state index contributed by atoms with van der Waals surface area (Å²) in [5, 5.41) is 4.14. The highest BCUT2D eigenvalue weighted by molar-refractivity contribution is 14.1. The Kier molecular flexibility index (Phi) is 5.33. The molecule has 4 aromatic rings. The Morgan fingerprint density at radius 3 is 2.48 bits per heavy atom. The van der Waals surface area contributed by atoms with E-state index in [1.54, 1.807) is 6.33 Å². The van der Waals surface area contributed by atoms with E-state index < -0.39 is 0 Å². The molecule has 2 aromatic heterocycles. The van der Waals surface area contributed by atoms with Crippen LogP contribution in [0.5, 0.6) is 0 Å². The van der Waals surface area contributed by atoms with E-state index in [0.29, 0.717) is 18.1 Å². The highest BCUT2D eigenvalue weighted by Gasteiger charge is 2.17. The molecule has 0 spiro atoms. The number of halogens is 1. The van der Waals surface area contributed by atoms with Crippen LogP contribution in [-0.4, -0.2) is 19.7 Å². The molecule has 0 aliphatic carbocycles. The van der Waals surface area contributed by atoms with Crippen LogP contribution >= 0.6 is 22.6 Å². The molecule has 0 saturated heterocycles. The predicted molar refractivity (Wildman–Crippen MR) is 113 cm³/mol. The van der Waals surface area contributed by atoms with E-state index in [1.807, 2.05) is 23.9 Å². The van der Waals surface area contributed by atoms with Gasteiger partial charge in [0.1, 0.15) is 0 Å². The van der Waals surface area contributed by atoms with Gasteiger partial charge in [0.15, 0.2) is 5.82 Å². The molecule has 136 valence electrons. The maximum Gasteiger partial charge on any atom is 0.240 e. The second-order valence-electron chi connectivity index (χ2n) is 6.49. The van der Waals surface area contributed by atoms with Gasteiger partial charge in [0.05, 0.1) is 15.9 Å². The number of rotatable bonds is 6. The highest BCUT2D eigenvalue weighted by Crippen LogP contribution is 2.26. The molecule has 27 heavy (non-hydrogen) atoms. The van der Waals surface area contributed by atoms with E-state index in [-0.39, 0.29) is 3.92 Å². The van der Waals surface area contributed by atoms with Gasteiger partial charge in [-0.1, -0.05) is 82.3 Å². The van der Waals surface area contributed by atoms with Crippen molar-refractivity contribution in [3.8, 4) is 11.1 Å². The van der Waals surface area contributed by atoms with E-state index in [1.165, 1.54) is 11.1 Å². The fourth-order valence-electron chi connectivity index (χ4n) is 2.94. The number of nitrogens with zero attached hydrogens (tertiary/aromatic N) is 4. The van der Waals surface area contributed by atoms with Crippen LogP contribution < -0.4 is 0 Å². The molecular weight excluding hydrogens is 451 g/mol. The van der Waals surface area contributed by atoms with Gasteiger partial charge in [-0.05, 0) is 16.7 Å². The summed E-state index contributed by atoms with van der Waals surface area (Å²) in [5.41, 5.74) is 4.61. The van der Waals surface area contributed by atoms with Crippen LogP contribution in [0.25, 0.3) is 11.1 Å². The first-order valence-electron chi connectivity index (χ1n) is 8.75. The molecule has 5 nitrogen and oxygen atoms in total. The lowest BCUT2D eigenvalue weighted by atomic mass is 10.0. The van der Waals surface area contributed by atoms with E-state index >= 15 is 0 Å². The average Bonchev–Trinajstić information content (AvgIpc) is 3.32. The molecule has 0 unspecified atom stereocenters. The van der Waals surface area contributed by atoms with Crippen LogP contribution in [0.1, 0.15) is 26.9 Å². The van der Waals surface area contributed by atoms with Crippen molar-refractivity contribution in [1.82, 2.24) is 19.7 Å². The molecule has 0 N–H and O–H groups in total. The number of aromatic nitrogens is 4. The second-order valence-corrected chi connectivity index (χ2v) is 7.99. The number of benzene rings is 2. The fraction of sp³-hybridized carbons (Fsp3) is 0.190. The zero-order valence-corrected chi connectivity index (χ0v) is 17.1. The third-order valence-electron chi connectivity index (χ3n) is 4.32. The number of hydrogen-bond donors (Lipinski definition) is 0. The molecule has 0 bridgehead atoms. The molecule has 4 rings (SSSR count). The van der Waals surface area contributed by atoms with Gasteiger partial charge in [-0.2, -0.15) is 4.98 Å². The average molecular weight is 470 g/mol. The van der Waals surface area contributed by atoms with Crippen LogP contribution in [0.2, 0.25) is 0 Å². The Morgan fingerprint density at radius 1 is 1.04 bits per heavy atom. The first-order chi connectivity index (χ1) is 13.2. The summed E-state index contributed by atoms with van der Waals surface area (Å²) < 4.78 is 7.52. The normalized spacial score (nSPS) is 12.2. The van der Waals surface area contributed by atoms with Gasteiger partial charge in [-0.25, -0.2) is 4.98 Å². The topological polar surface area (TPSA) is 56.7 Å². The molecule has 6 heteroatoms. The summed E-state index contributed by atoms with van der Waals surface area (Å²) in [6.07, 6.45) is 5.24. The first kappa shape index (κ1) is 17.9. The van der Waals surface area contributed by atoms with Crippen molar-refractivity contribution in [2.45, 2.75) is 16.8 Å². The number of alkyl halides is 1. The maximum atomic E-state index is 5.47. The highest BCUT2D eigenvalue weighted by atomic mass is 127. The molecule has 0 aliphatic rings. The van der Waals surface area contributed by atoms with Gasteiger partial charge < -0.3 is 9.09 Å². The molecule has 2 heterocycles. The predicted octanol–water partition coefficient (Wildman–Crippen LogP) is 4.78. The van der Waals surface area contributed by atoms with Crippen molar-refractivity contribution in [2.75, 3.05) is 0 Å². The Morgan fingerprint density at radius 2 is 1.78 bits per heavy atom. The first-order valence-corrected chi connectivity index (χ1v) is 10.00. The Hall–Kier alpha value is -2.48. The summed E-state index contributed by atoms with van der Waals surface area (Å²) in [4.78, 5) is 8.93. The van der Waals surface area contributed by atoms with Crippen molar-refractivity contribution in [2.24, 2.45) is 7.05 Å². The Balaban J connectivity index is 1.41. The summed E-state index contributed by atoms with van der Waals surface area (Å²) in [6.45, 7) is 0. The van der Waals surface area contributed by atoms with Crippen LogP contribution in [0, 0.1) is 0 Å². The molecule has 0 aliphatic heterocycles. The van der Waals surface area contributed by atoms with Gasteiger partial charge in [0.2, 0.25) is 5.89 Å². The summed E-state index contributed by atoms with van der Waals surface area (Å²) in [5.74, 6) is 1.36. The van der Waals surface area contributed by atoms with Crippen LogP contribution in [0.15, 0.2) is 71.6 Å². The third kappa shape index (κ3) is 4.44. The van der Waals surface area contributed by atoms with Gasteiger partial charge >= 0.3 is 0 Å². The van der Waals surface area contributed by atoms with Crippen LogP contribution in [0.4, 0.5) is 0 Å². The van der Waals surface area contributed by atoms with E-state index in [9.17, 15) is 0 Å². The van der Waals surface area contributed by atoms with Crippen molar-refractivity contribution < 1.29 is 4.52 Å². The standard InChI is InChI=1S/C21H19IN4O/c1-26-13-18(23-14-26)12-19(22)21-24-20(25-27-21)11-15-7-9-17(10-8-15)16-5-3-2-4-6-16/h2-10,13-14,19H,11-12H2,1H3/t19-/m0/s1. The molecule has 2 aromatic carbocycles. The van der Waals surface area contributed by atoms with Crippen LogP contribution in [-0.2, 0) is 19.9 Å². The summed E-state index contributed by atoms with van der Waals surface area (Å²) in [6, 6.07) is 18.9. The zero-order valence-electron chi connectivity index (χ0n) is 14.9. The van der Waals surface area contributed by atoms with Crippen molar-refractivity contribution in [1.29, 1.82) is 0 Å². The zero-order chi connectivity index (χ0) is 18.6. The molecule has 0 radical (unpaired) electrons. The van der Waals surface area contributed by atoms with Crippen molar-refractivity contribution >= 4 is 22.6 Å². The van der Waals surface area contributed by atoms with E-state index in [4.69, 9.17) is 4.52 Å². The number of aryl methyl sites for hydroxylation is 1. The third-order valence-corrected chi connectivity index (χ3v) is 5.29. The molecule has 0 fully saturated rings. The Bertz CT molecular complexity index is 1010. The summed E-state index contributed by atoms with van der Waals surface area (Å²) >= 11 is 2.33. The minimum atomic E-state index is 0.110. The van der Waals surface area contributed by atoms with E-state index in [2.05, 4.69) is 86.2 Å². The molecule has 0 amide bonds. The lowest BCUT2D eigenvalue weighted by Gasteiger charge is -2.03. The minimum absolute atomic E-state index is 0.110. The molecule has 0 saturated carbocycles. The number of imidazole rings is 1. The largest absolute Gasteiger partial charge is 0.340 e. The SMILES string of the molecule is Cn1cnc(C[C@H](I)c2nc(Cc3ccc(-c4ccccc4)cc3)no2)c1. The smallest absolute Gasteiger partial charge is 0.240 e. The van der Waals surface area contributed by atoms with E-state index in [0.717, 1.165) is 17.7 Å². The monoisotopic (exact) mass is 470 g/mol. The van der Waals surface area contributed by atoms with Crippen molar-refractivity contribution in [3.63, 3.8) is 0 Å². The molecular formula is C21H19IN4O. The lowest BCUT2D eigenvalue weighted by molar-refractivity contribution is 0.374. The maximum absolute atomic E-state index is 5.47. The van der Waals surface area contributed by atoms with Gasteiger partial charge in [0, 0.05) is 26.1 Å². The van der Waals surface area contributed by atoms with Crippen molar-refractivity contribution in [3.05, 3.63) is 90.1 Å². The number of hydrogen-bond acceptors (Lipinski definition) is 4. The lowest BCUT2D eigenvalue weighted by Crippen LogP contribution is -1.97. The second kappa shape index (κ2) is 8.04. The fourth-order valence-corrected chi connectivity index (χ4v) is 3.64. The van der Waals surface area contributed by atoms with Gasteiger partial charge in [-0.3, -0.25) is 0 Å². The van der Waals surface area contributed by atoms with Gasteiger partial charge in [-0.15, -0.1) is 0 Å². The van der Waals surface area contributed by atoms with Gasteiger partial charge in [0.25, 0.3) is 0 Å². The Labute approximate surface area is 171 Å². The molecule has 1 atom stereocenters. The summed E-state index contributed by atoms with van der Waals surface area (Å²) in [7, 11) is 1.96. The van der Waals surface area contributed by atoms with Crippen LogP contribution in [0.3, 0.4) is 0 Å². The quantitative estimate of drug-likeness (QED) is 0.301. The minimum Gasteiger partial charge on any atom is -0.340 e.